The Morgan fingerprint density at radius 3 is 2.70 bits per heavy atom. The van der Waals surface area contributed by atoms with Gasteiger partial charge in [0.15, 0.2) is 5.65 Å². The van der Waals surface area contributed by atoms with Crippen LogP contribution in [0, 0.1) is 0 Å². The van der Waals surface area contributed by atoms with Crippen molar-refractivity contribution in [3.8, 4) is 0 Å². The van der Waals surface area contributed by atoms with Crippen LogP contribution in [0.25, 0.3) is 5.65 Å². The van der Waals surface area contributed by atoms with Crippen molar-refractivity contribution in [3.05, 3.63) is 59.0 Å². The molecule has 0 saturated heterocycles. The maximum atomic E-state index is 12.3. The van der Waals surface area contributed by atoms with Crippen molar-refractivity contribution in [1.82, 2.24) is 14.6 Å². The number of nitrogens with one attached hydrogen (secondary N) is 1. The van der Waals surface area contributed by atoms with E-state index in [9.17, 15) is 4.79 Å². The molecule has 0 unspecified atom stereocenters. The summed E-state index contributed by atoms with van der Waals surface area (Å²) in [5.41, 5.74) is 2.52. The van der Waals surface area contributed by atoms with Crippen LogP contribution in [0.1, 0.15) is 37.0 Å². The predicted molar refractivity (Wildman–Crippen MR) is 91.1 cm³/mol. The molecule has 3 rings (SSSR count). The van der Waals surface area contributed by atoms with Gasteiger partial charge in [-0.05, 0) is 30.3 Å². The molecule has 0 saturated carbocycles. The first kappa shape index (κ1) is 15.5. The summed E-state index contributed by atoms with van der Waals surface area (Å²) in [6.45, 7) is 6.25. The summed E-state index contributed by atoms with van der Waals surface area (Å²) in [4.78, 5) is 16.9. The van der Waals surface area contributed by atoms with Crippen molar-refractivity contribution < 1.29 is 4.79 Å². The van der Waals surface area contributed by atoms with Crippen LogP contribution in [-0.4, -0.2) is 20.5 Å². The van der Waals surface area contributed by atoms with Crippen molar-refractivity contribution in [2.45, 2.75) is 26.2 Å². The van der Waals surface area contributed by atoms with Gasteiger partial charge in [0.25, 0.3) is 5.91 Å². The van der Waals surface area contributed by atoms with E-state index >= 15 is 0 Å². The number of carbonyl (C=O) groups is 1. The minimum Gasteiger partial charge on any atom is -0.321 e. The molecule has 0 fully saturated rings. The number of rotatable bonds is 2. The Labute approximate surface area is 139 Å². The Morgan fingerprint density at radius 2 is 2.00 bits per heavy atom. The lowest BCUT2D eigenvalue weighted by Gasteiger charge is -2.13. The summed E-state index contributed by atoms with van der Waals surface area (Å²) in [7, 11) is 0. The molecular formula is C17H17ClN4O. The fraction of sp³-hybridized carbons (Fsp3) is 0.235. The molecule has 1 N–H and O–H groups in total. The molecule has 2 heterocycles. The van der Waals surface area contributed by atoms with Crippen LogP contribution >= 0.6 is 11.6 Å². The number of hydrogen-bond donors (Lipinski definition) is 1. The Bertz CT molecular complexity index is 880. The lowest BCUT2D eigenvalue weighted by molar-refractivity contribution is 0.102. The number of nitrogens with zero attached hydrogens (tertiary/aromatic N) is 3. The van der Waals surface area contributed by atoms with Gasteiger partial charge >= 0.3 is 0 Å². The largest absolute Gasteiger partial charge is 0.321 e. The molecular weight excluding hydrogens is 312 g/mol. The zero-order chi connectivity index (χ0) is 16.6. The number of hydrogen-bond acceptors (Lipinski definition) is 3. The number of imidazole rings is 1. The topological polar surface area (TPSA) is 59.3 Å². The average molecular weight is 329 g/mol. The highest BCUT2D eigenvalue weighted by Gasteiger charge is 2.18. The van der Waals surface area contributed by atoms with E-state index in [-0.39, 0.29) is 11.3 Å². The minimum absolute atomic E-state index is 0.0725. The third-order valence-corrected chi connectivity index (χ3v) is 3.64. The number of fused-ring (bicyclic) bond motifs is 1. The van der Waals surface area contributed by atoms with E-state index in [1.165, 1.54) is 0 Å². The molecule has 1 aromatic carbocycles. The fourth-order valence-corrected chi connectivity index (χ4v) is 2.32. The Kier molecular flexibility index (Phi) is 3.82. The Hall–Kier alpha value is -2.40. The van der Waals surface area contributed by atoms with E-state index in [0.717, 1.165) is 5.69 Å². The smallest absolute Gasteiger partial charge is 0.276 e. The third-order valence-electron chi connectivity index (χ3n) is 3.40. The molecule has 118 valence electrons. The van der Waals surface area contributed by atoms with Crippen LogP contribution in [0.5, 0.6) is 0 Å². The van der Waals surface area contributed by atoms with E-state index in [1.54, 1.807) is 40.9 Å². The van der Waals surface area contributed by atoms with E-state index in [0.29, 0.717) is 22.1 Å². The molecule has 0 spiro atoms. The summed E-state index contributed by atoms with van der Waals surface area (Å²) in [5.74, 6) is -0.292. The van der Waals surface area contributed by atoms with Crippen LogP contribution in [0.2, 0.25) is 5.02 Å². The molecule has 3 aromatic rings. The highest BCUT2D eigenvalue weighted by Crippen LogP contribution is 2.21. The molecule has 23 heavy (non-hydrogen) atoms. The summed E-state index contributed by atoms with van der Waals surface area (Å²) in [6.07, 6.45) is 1.85. The highest BCUT2D eigenvalue weighted by atomic mass is 35.5. The van der Waals surface area contributed by atoms with Crippen molar-refractivity contribution >= 4 is 28.8 Å². The SMILES string of the molecule is CC(C)(C)c1cn2nc(C(=O)Nc3cccc(Cl)c3)ccc2n1. The first-order valence-corrected chi connectivity index (χ1v) is 7.64. The Morgan fingerprint density at radius 1 is 1.22 bits per heavy atom. The molecule has 2 aromatic heterocycles. The molecule has 5 nitrogen and oxygen atoms in total. The second-order valence-electron chi connectivity index (χ2n) is 6.36. The molecule has 0 aliphatic heterocycles. The number of anilines is 1. The van der Waals surface area contributed by atoms with Crippen molar-refractivity contribution in [2.24, 2.45) is 0 Å². The second-order valence-corrected chi connectivity index (χ2v) is 6.80. The van der Waals surface area contributed by atoms with E-state index in [1.807, 2.05) is 6.20 Å². The fourth-order valence-electron chi connectivity index (χ4n) is 2.13. The van der Waals surface area contributed by atoms with Gasteiger partial charge in [-0.25, -0.2) is 9.50 Å². The van der Waals surface area contributed by atoms with Gasteiger partial charge in [-0.3, -0.25) is 4.79 Å². The zero-order valence-electron chi connectivity index (χ0n) is 13.2. The van der Waals surface area contributed by atoms with Gasteiger partial charge in [-0.1, -0.05) is 38.4 Å². The lowest BCUT2D eigenvalue weighted by Crippen LogP contribution is -2.15. The standard InChI is InChI=1S/C17H17ClN4O/c1-17(2,3)14-10-22-15(20-14)8-7-13(21-22)16(23)19-12-6-4-5-11(18)9-12/h4-10H,1-3H3,(H,19,23). The zero-order valence-corrected chi connectivity index (χ0v) is 13.9. The van der Waals surface area contributed by atoms with Gasteiger partial charge in [0, 0.05) is 16.1 Å². The molecule has 0 atom stereocenters. The number of halogens is 1. The number of amides is 1. The molecule has 0 bridgehead atoms. The van der Waals surface area contributed by atoms with Gasteiger partial charge in [-0.15, -0.1) is 0 Å². The first-order chi connectivity index (χ1) is 10.8. The first-order valence-electron chi connectivity index (χ1n) is 7.27. The minimum atomic E-state index is -0.292. The van der Waals surface area contributed by atoms with Gasteiger partial charge in [0.1, 0.15) is 5.69 Å². The van der Waals surface area contributed by atoms with Gasteiger partial charge in [0.2, 0.25) is 0 Å². The molecule has 1 amide bonds. The normalized spacial score (nSPS) is 11.7. The average Bonchev–Trinajstić information content (AvgIpc) is 2.90. The van der Waals surface area contributed by atoms with Gasteiger partial charge < -0.3 is 5.32 Å². The highest BCUT2D eigenvalue weighted by molar-refractivity contribution is 6.30. The maximum absolute atomic E-state index is 12.3. The quantitative estimate of drug-likeness (QED) is 0.775. The molecule has 0 radical (unpaired) electrons. The van der Waals surface area contributed by atoms with Crippen LogP contribution in [0.4, 0.5) is 5.69 Å². The van der Waals surface area contributed by atoms with Crippen LogP contribution in [-0.2, 0) is 5.41 Å². The van der Waals surface area contributed by atoms with Crippen molar-refractivity contribution in [2.75, 3.05) is 5.32 Å². The van der Waals surface area contributed by atoms with Gasteiger partial charge in [0.05, 0.1) is 11.9 Å². The predicted octanol–water partition coefficient (Wildman–Crippen LogP) is 3.93. The van der Waals surface area contributed by atoms with Crippen LogP contribution in [0.3, 0.4) is 0 Å². The summed E-state index contributed by atoms with van der Waals surface area (Å²) < 4.78 is 1.63. The molecule has 0 aliphatic rings. The van der Waals surface area contributed by atoms with Crippen LogP contribution < -0.4 is 5.32 Å². The Balaban J connectivity index is 1.89. The van der Waals surface area contributed by atoms with Gasteiger partial charge in [-0.2, -0.15) is 5.10 Å². The summed E-state index contributed by atoms with van der Waals surface area (Å²) in [5, 5.41) is 7.68. The number of aromatic nitrogens is 3. The monoisotopic (exact) mass is 328 g/mol. The van der Waals surface area contributed by atoms with Crippen molar-refractivity contribution in [1.29, 1.82) is 0 Å². The summed E-state index contributed by atoms with van der Waals surface area (Å²) >= 11 is 5.92. The molecule has 0 aliphatic carbocycles. The second kappa shape index (κ2) is 5.66. The maximum Gasteiger partial charge on any atom is 0.276 e. The van der Waals surface area contributed by atoms with E-state index in [4.69, 9.17) is 11.6 Å². The number of benzene rings is 1. The van der Waals surface area contributed by atoms with Crippen molar-refractivity contribution in [3.63, 3.8) is 0 Å². The van der Waals surface area contributed by atoms with Crippen LogP contribution in [0.15, 0.2) is 42.6 Å². The number of carbonyl (C=O) groups excluding carboxylic acids is 1. The lowest BCUT2D eigenvalue weighted by atomic mass is 9.93. The third kappa shape index (κ3) is 3.35. The molecule has 6 heteroatoms. The van der Waals surface area contributed by atoms with E-state index in [2.05, 4.69) is 36.2 Å². The van der Waals surface area contributed by atoms with E-state index < -0.39 is 0 Å². The summed E-state index contributed by atoms with van der Waals surface area (Å²) in [6, 6.07) is 10.4.